The van der Waals surface area contributed by atoms with E-state index >= 15 is 0 Å². The molecule has 5 rings (SSSR count). The van der Waals surface area contributed by atoms with Crippen LogP contribution < -0.4 is 21.1 Å². The lowest BCUT2D eigenvalue weighted by Crippen LogP contribution is -2.47. The molecule has 9 nitrogen and oxygen atoms in total. The second kappa shape index (κ2) is 7.56. The molecule has 4 aromatic rings. The van der Waals surface area contributed by atoms with E-state index in [1.165, 1.54) is 0 Å². The second-order valence-electron chi connectivity index (χ2n) is 7.89. The number of aromatic hydroxyl groups is 1. The summed E-state index contributed by atoms with van der Waals surface area (Å²) in [7, 11) is 1.55. The lowest BCUT2D eigenvalue weighted by molar-refractivity contribution is -0.124. The van der Waals surface area contributed by atoms with Crippen molar-refractivity contribution in [1.82, 2.24) is 20.2 Å². The molecule has 2 aromatic carbocycles. The summed E-state index contributed by atoms with van der Waals surface area (Å²) in [6.45, 7) is -0.00501. The number of rotatable bonds is 5. The Morgan fingerprint density at radius 2 is 1.88 bits per heavy atom. The van der Waals surface area contributed by atoms with Crippen LogP contribution in [0.1, 0.15) is 5.56 Å². The number of nitrogens with one attached hydrogen (secondary N) is 2. The zero-order valence-corrected chi connectivity index (χ0v) is 17.7. The summed E-state index contributed by atoms with van der Waals surface area (Å²) in [6, 6.07) is 15.6. The minimum absolute atomic E-state index is 0.00501. The third kappa shape index (κ3) is 3.39. The van der Waals surface area contributed by atoms with Crippen molar-refractivity contribution in [1.29, 1.82) is 0 Å². The van der Waals surface area contributed by atoms with Crippen LogP contribution in [0.4, 0.5) is 10.6 Å². The number of ether oxygens (including phenoxy) is 1. The molecule has 1 atom stereocenters. The second-order valence-corrected chi connectivity index (χ2v) is 7.89. The molecule has 5 N–H and O–H groups in total. The van der Waals surface area contributed by atoms with Gasteiger partial charge in [0.05, 0.1) is 13.7 Å². The number of benzene rings is 2. The average Bonchev–Trinajstić information content (AvgIpc) is 3.28. The Balaban J connectivity index is 1.56. The van der Waals surface area contributed by atoms with Gasteiger partial charge >= 0.3 is 6.03 Å². The molecule has 1 saturated heterocycles. The van der Waals surface area contributed by atoms with Crippen molar-refractivity contribution < 1.29 is 19.4 Å². The maximum atomic E-state index is 13.0. The number of imide groups is 1. The first kappa shape index (κ1) is 20.4. The zero-order valence-electron chi connectivity index (χ0n) is 17.7. The molecular formula is C24H21N5O4. The molecule has 1 aliphatic heterocycles. The standard InChI is InChI=1S/C24H21N5O4/c1-33-18-7-4-16-12-29(21(30)19(16)11-18)13-24(22(31)27-23(32)28-24)17-5-2-14(3-6-17)15-8-9-26-20(25)10-15/h2-12,30H,13H2,1H3,(H2,25,26)(H2,27,28,31,32)/t24-/m0/s1. The molecular weight excluding hydrogens is 422 g/mol. The van der Waals surface area contributed by atoms with Crippen LogP contribution in [0.5, 0.6) is 11.6 Å². The molecule has 33 heavy (non-hydrogen) atoms. The van der Waals surface area contributed by atoms with Gasteiger partial charge in [-0.15, -0.1) is 0 Å². The fourth-order valence-electron chi connectivity index (χ4n) is 4.20. The number of fused-ring (bicyclic) bond motifs is 1. The highest BCUT2D eigenvalue weighted by Gasteiger charge is 2.48. The SMILES string of the molecule is COc1ccc2cn(C[C@@]3(c4ccc(-c5ccnc(N)c5)cc4)NC(=O)NC3=O)c(O)c2c1. The highest BCUT2D eigenvalue weighted by molar-refractivity contribution is 6.07. The Hall–Kier alpha value is -4.53. The van der Waals surface area contributed by atoms with Gasteiger partial charge in [0.1, 0.15) is 11.6 Å². The van der Waals surface area contributed by atoms with Crippen LogP contribution in [0.3, 0.4) is 0 Å². The van der Waals surface area contributed by atoms with Crippen molar-refractivity contribution >= 4 is 28.5 Å². The summed E-state index contributed by atoms with van der Waals surface area (Å²) < 4.78 is 6.79. The highest BCUT2D eigenvalue weighted by atomic mass is 16.5. The maximum absolute atomic E-state index is 13.0. The number of anilines is 1. The van der Waals surface area contributed by atoms with E-state index in [1.807, 2.05) is 24.3 Å². The van der Waals surface area contributed by atoms with Crippen molar-refractivity contribution in [2.24, 2.45) is 0 Å². The summed E-state index contributed by atoms with van der Waals surface area (Å²) in [5.74, 6) is 0.482. The van der Waals surface area contributed by atoms with E-state index < -0.39 is 17.5 Å². The van der Waals surface area contributed by atoms with Crippen LogP contribution in [0.15, 0.2) is 67.0 Å². The Bertz CT molecular complexity index is 1400. The summed E-state index contributed by atoms with van der Waals surface area (Å²) in [6.07, 6.45) is 3.36. The van der Waals surface area contributed by atoms with Crippen LogP contribution in [0.2, 0.25) is 0 Å². The lowest BCUT2D eigenvalue weighted by Gasteiger charge is -2.27. The first-order valence-corrected chi connectivity index (χ1v) is 10.2. The first-order valence-electron chi connectivity index (χ1n) is 10.2. The number of nitrogens with two attached hydrogens (primary N) is 1. The molecule has 0 bridgehead atoms. The fraction of sp³-hybridized carbons (Fsp3) is 0.125. The van der Waals surface area contributed by atoms with E-state index in [0.717, 1.165) is 16.5 Å². The maximum Gasteiger partial charge on any atom is 0.322 e. The minimum atomic E-state index is -1.40. The predicted octanol–water partition coefficient (Wildman–Crippen LogP) is 2.73. The van der Waals surface area contributed by atoms with E-state index in [2.05, 4.69) is 15.6 Å². The van der Waals surface area contributed by atoms with Crippen LogP contribution in [0.25, 0.3) is 21.9 Å². The molecule has 2 aromatic heterocycles. The molecule has 3 amide bonds. The number of pyridine rings is 1. The molecule has 0 radical (unpaired) electrons. The van der Waals surface area contributed by atoms with Gasteiger partial charge in [-0.3, -0.25) is 10.1 Å². The van der Waals surface area contributed by atoms with Crippen molar-refractivity contribution in [2.75, 3.05) is 12.8 Å². The van der Waals surface area contributed by atoms with Gasteiger partial charge in [0, 0.05) is 23.2 Å². The van der Waals surface area contributed by atoms with Crippen molar-refractivity contribution in [3.05, 3.63) is 72.6 Å². The van der Waals surface area contributed by atoms with E-state index in [1.54, 1.807) is 54.4 Å². The number of nitrogens with zero attached hydrogens (tertiary/aromatic N) is 2. The van der Waals surface area contributed by atoms with Gasteiger partial charge in [-0.05, 0) is 47.0 Å². The Morgan fingerprint density at radius 1 is 1.09 bits per heavy atom. The normalized spacial score (nSPS) is 17.7. The fourth-order valence-corrected chi connectivity index (χ4v) is 4.20. The van der Waals surface area contributed by atoms with Gasteiger partial charge < -0.3 is 25.5 Å². The van der Waals surface area contributed by atoms with Gasteiger partial charge in [0.25, 0.3) is 5.91 Å². The topological polar surface area (TPSA) is 131 Å². The van der Waals surface area contributed by atoms with Gasteiger partial charge in [-0.1, -0.05) is 24.3 Å². The Labute approximate surface area is 188 Å². The Morgan fingerprint density at radius 3 is 2.55 bits per heavy atom. The van der Waals surface area contributed by atoms with Crippen molar-refractivity contribution in [3.8, 4) is 22.8 Å². The molecule has 9 heteroatoms. The largest absolute Gasteiger partial charge is 0.497 e. The molecule has 1 aliphatic rings. The predicted molar refractivity (Wildman–Crippen MR) is 123 cm³/mol. The van der Waals surface area contributed by atoms with Crippen molar-refractivity contribution in [3.63, 3.8) is 0 Å². The molecule has 166 valence electrons. The monoisotopic (exact) mass is 443 g/mol. The lowest BCUT2D eigenvalue weighted by atomic mass is 9.88. The van der Waals surface area contributed by atoms with Crippen LogP contribution in [0, 0.1) is 0 Å². The molecule has 3 heterocycles. The minimum Gasteiger partial charge on any atom is -0.497 e. The van der Waals surface area contributed by atoms with Gasteiger partial charge in [0.2, 0.25) is 0 Å². The number of nitrogen functional groups attached to an aromatic ring is 1. The van der Waals surface area contributed by atoms with Gasteiger partial charge in [-0.2, -0.15) is 0 Å². The molecule has 0 saturated carbocycles. The number of carbonyl (C=O) groups excluding carboxylic acids is 2. The molecule has 0 aliphatic carbocycles. The van der Waals surface area contributed by atoms with E-state index in [-0.39, 0.29) is 12.4 Å². The third-order valence-electron chi connectivity index (χ3n) is 5.91. The van der Waals surface area contributed by atoms with Gasteiger partial charge in [0.15, 0.2) is 11.4 Å². The summed E-state index contributed by atoms with van der Waals surface area (Å²) in [5.41, 5.74) is 6.72. The van der Waals surface area contributed by atoms with Crippen molar-refractivity contribution in [2.45, 2.75) is 12.1 Å². The first-order chi connectivity index (χ1) is 15.9. The summed E-state index contributed by atoms with van der Waals surface area (Å²) >= 11 is 0. The van der Waals surface area contributed by atoms with Crippen LogP contribution in [-0.4, -0.2) is 33.7 Å². The third-order valence-corrected chi connectivity index (χ3v) is 5.91. The highest BCUT2D eigenvalue weighted by Crippen LogP contribution is 2.35. The Kier molecular flexibility index (Phi) is 4.67. The van der Waals surface area contributed by atoms with E-state index in [0.29, 0.717) is 22.5 Å². The number of hydrogen-bond donors (Lipinski definition) is 4. The van der Waals surface area contributed by atoms with Crippen LogP contribution >= 0.6 is 0 Å². The van der Waals surface area contributed by atoms with Crippen LogP contribution in [-0.2, 0) is 16.9 Å². The van der Waals surface area contributed by atoms with E-state index in [4.69, 9.17) is 10.5 Å². The van der Waals surface area contributed by atoms with E-state index in [9.17, 15) is 14.7 Å². The number of amides is 3. The number of methoxy groups -OCH3 is 1. The number of aromatic nitrogens is 2. The number of carbonyl (C=O) groups is 2. The summed E-state index contributed by atoms with van der Waals surface area (Å²) in [5, 5.41) is 17.3. The molecule has 0 spiro atoms. The number of urea groups is 1. The summed E-state index contributed by atoms with van der Waals surface area (Å²) in [4.78, 5) is 29.2. The smallest absolute Gasteiger partial charge is 0.322 e. The van der Waals surface area contributed by atoms with Gasteiger partial charge in [-0.25, -0.2) is 9.78 Å². The molecule has 1 fully saturated rings. The quantitative estimate of drug-likeness (QED) is 0.351. The molecule has 0 unspecified atom stereocenters. The average molecular weight is 443 g/mol. The number of hydrogen-bond acceptors (Lipinski definition) is 6. The zero-order chi connectivity index (χ0) is 23.2.